The van der Waals surface area contributed by atoms with Crippen LogP contribution in [0.3, 0.4) is 0 Å². The Morgan fingerprint density at radius 1 is 1.43 bits per heavy atom. The van der Waals surface area contributed by atoms with Crippen molar-refractivity contribution in [1.29, 1.82) is 0 Å². The molecule has 0 radical (unpaired) electrons. The van der Waals surface area contributed by atoms with Gasteiger partial charge in [0.05, 0.1) is 5.01 Å². The molecule has 14 heavy (non-hydrogen) atoms. The number of fused-ring (bicyclic) bond motifs is 2. The van der Waals surface area contributed by atoms with Gasteiger partial charge in [0.15, 0.2) is 0 Å². The first kappa shape index (κ1) is 8.90. The molecule has 2 fully saturated rings. The van der Waals surface area contributed by atoms with E-state index < -0.39 is 0 Å². The predicted octanol–water partition coefficient (Wildman–Crippen LogP) is 3.67. The van der Waals surface area contributed by atoms with Crippen LogP contribution in [-0.2, 0) is 5.41 Å². The van der Waals surface area contributed by atoms with Crippen LogP contribution in [0.1, 0.15) is 49.2 Å². The summed E-state index contributed by atoms with van der Waals surface area (Å²) in [5, 5.41) is 3.66. The maximum absolute atomic E-state index is 4.72. The predicted molar refractivity (Wildman–Crippen MR) is 59.7 cm³/mol. The first-order valence-electron chi connectivity index (χ1n) is 5.71. The molecule has 1 heterocycles. The summed E-state index contributed by atoms with van der Waals surface area (Å²) in [7, 11) is 0. The fraction of sp³-hybridized carbons (Fsp3) is 0.750. The quantitative estimate of drug-likeness (QED) is 0.684. The lowest BCUT2D eigenvalue weighted by molar-refractivity contribution is 0.305. The summed E-state index contributed by atoms with van der Waals surface area (Å²) in [6.45, 7) is 2.12. The number of hydrogen-bond donors (Lipinski definition) is 0. The van der Waals surface area contributed by atoms with Crippen molar-refractivity contribution in [2.24, 2.45) is 5.92 Å². The highest BCUT2D eigenvalue weighted by molar-refractivity contribution is 7.09. The van der Waals surface area contributed by atoms with Crippen molar-refractivity contribution >= 4 is 11.3 Å². The summed E-state index contributed by atoms with van der Waals surface area (Å²) >= 11 is 1.90. The SMILES string of the molecule is Cc1csc(C23CCCC(CC2)C3)n1. The number of thiazole rings is 1. The Morgan fingerprint density at radius 2 is 2.36 bits per heavy atom. The van der Waals surface area contributed by atoms with Gasteiger partial charge in [0.1, 0.15) is 0 Å². The van der Waals surface area contributed by atoms with Crippen molar-refractivity contribution in [3.63, 3.8) is 0 Å². The number of nitrogens with zero attached hydrogens (tertiary/aromatic N) is 1. The fourth-order valence-electron chi connectivity index (χ4n) is 3.34. The summed E-state index contributed by atoms with van der Waals surface area (Å²) in [4.78, 5) is 4.72. The second-order valence-corrected chi connectivity index (χ2v) is 5.93. The van der Waals surface area contributed by atoms with Crippen molar-refractivity contribution < 1.29 is 0 Å². The van der Waals surface area contributed by atoms with E-state index in [1.54, 1.807) is 0 Å². The molecule has 0 spiro atoms. The smallest absolute Gasteiger partial charge is 0.0990 e. The third-order valence-corrected chi connectivity index (χ3v) is 5.26. The lowest BCUT2D eigenvalue weighted by atomic mass is 9.76. The normalized spacial score (nSPS) is 36.2. The van der Waals surface area contributed by atoms with E-state index in [0.29, 0.717) is 5.41 Å². The summed E-state index contributed by atoms with van der Waals surface area (Å²) < 4.78 is 0. The van der Waals surface area contributed by atoms with E-state index >= 15 is 0 Å². The Hall–Kier alpha value is -0.370. The van der Waals surface area contributed by atoms with E-state index in [9.17, 15) is 0 Å². The Morgan fingerprint density at radius 3 is 3.14 bits per heavy atom. The molecule has 2 bridgehead atoms. The molecule has 2 atom stereocenters. The minimum atomic E-state index is 0.516. The van der Waals surface area contributed by atoms with Crippen LogP contribution in [-0.4, -0.2) is 4.98 Å². The number of rotatable bonds is 1. The molecule has 1 nitrogen and oxygen atoms in total. The van der Waals surface area contributed by atoms with Gasteiger partial charge in [0.25, 0.3) is 0 Å². The second kappa shape index (κ2) is 3.06. The van der Waals surface area contributed by atoms with E-state index in [-0.39, 0.29) is 0 Å². The van der Waals surface area contributed by atoms with E-state index in [0.717, 1.165) is 5.92 Å². The molecule has 0 aromatic carbocycles. The van der Waals surface area contributed by atoms with Gasteiger partial charge in [-0.15, -0.1) is 11.3 Å². The zero-order valence-corrected chi connectivity index (χ0v) is 9.57. The van der Waals surface area contributed by atoms with Crippen LogP contribution in [0.5, 0.6) is 0 Å². The van der Waals surface area contributed by atoms with Gasteiger partial charge in [-0.2, -0.15) is 0 Å². The van der Waals surface area contributed by atoms with Gasteiger partial charge >= 0.3 is 0 Å². The molecule has 0 aliphatic heterocycles. The zero-order chi connectivity index (χ0) is 9.60. The molecule has 2 heteroatoms. The molecular formula is C12H17NS. The summed E-state index contributed by atoms with van der Waals surface area (Å²) in [5.74, 6) is 1.02. The van der Waals surface area contributed by atoms with Gasteiger partial charge in [-0.3, -0.25) is 0 Å². The largest absolute Gasteiger partial charge is 0.246 e. The van der Waals surface area contributed by atoms with Crippen LogP contribution < -0.4 is 0 Å². The highest BCUT2D eigenvalue weighted by Gasteiger charge is 2.44. The molecule has 1 aromatic rings. The lowest BCUT2D eigenvalue weighted by Gasteiger charge is -2.31. The van der Waals surface area contributed by atoms with Gasteiger partial charge in [0, 0.05) is 16.5 Å². The fourth-order valence-corrected chi connectivity index (χ4v) is 4.41. The molecule has 2 saturated carbocycles. The molecular weight excluding hydrogens is 190 g/mol. The molecule has 0 saturated heterocycles. The topological polar surface area (TPSA) is 12.9 Å². The van der Waals surface area contributed by atoms with Gasteiger partial charge in [-0.25, -0.2) is 4.98 Å². The minimum Gasteiger partial charge on any atom is -0.246 e. The van der Waals surface area contributed by atoms with Crippen molar-refractivity contribution in [3.05, 3.63) is 16.1 Å². The van der Waals surface area contributed by atoms with Crippen LogP contribution in [0.15, 0.2) is 5.38 Å². The van der Waals surface area contributed by atoms with Crippen LogP contribution in [0.25, 0.3) is 0 Å². The molecule has 2 aliphatic rings. The van der Waals surface area contributed by atoms with Crippen molar-refractivity contribution in [1.82, 2.24) is 4.98 Å². The third kappa shape index (κ3) is 1.23. The average Bonchev–Trinajstić information content (AvgIpc) is 2.73. The van der Waals surface area contributed by atoms with Crippen LogP contribution in [0.2, 0.25) is 0 Å². The Balaban J connectivity index is 1.96. The van der Waals surface area contributed by atoms with E-state index in [1.165, 1.54) is 49.2 Å². The first-order chi connectivity index (χ1) is 6.78. The van der Waals surface area contributed by atoms with Crippen LogP contribution >= 0.6 is 11.3 Å². The number of aryl methyl sites for hydroxylation is 1. The lowest BCUT2D eigenvalue weighted by Crippen LogP contribution is -2.25. The standard InChI is InChI=1S/C12H17NS/c1-9-8-14-11(13-9)12-5-2-3-10(7-12)4-6-12/h8,10H,2-7H2,1H3. The molecule has 0 N–H and O–H groups in total. The van der Waals surface area contributed by atoms with E-state index in [4.69, 9.17) is 4.98 Å². The van der Waals surface area contributed by atoms with Crippen molar-refractivity contribution in [2.75, 3.05) is 0 Å². The van der Waals surface area contributed by atoms with Gasteiger partial charge in [-0.1, -0.05) is 12.8 Å². The second-order valence-electron chi connectivity index (χ2n) is 5.08. The van der Waals surface area contributed by atoms with Crippen molar-refractivity contribution in [3.8, 4) is 0 Å². The maximum Gasteiger partial charge on any atom is 0.0990 e. The van der Waals surface area contributed by atoms with Gasteiger partial charge in [-0.05, 0) is 38.5 Å². The minimum absolute atomic E-state index is 0.516. The number of aromatic nitrogens is 1. The Kier molecular flexibility index (Phi) is 1.94. The van der Waals surface area contributed by atoms with Gasteiger partial charge < -0.3 is 0 Å². The highest BCUT2D eigenvalue weighted by Crippen LogP contribution is 2.53. The molecule has 76 valence electrons. The molecule has 2 unspecified atom stereocenters. The summed E-state index contributed by atoms with van der Waals surface area (Å²) in [6.07, 6.45) is 8.61. The number of hydrogen-bond acceptors (Lipinski definition) is 2. The summed E-state index contributed by atoms with van der Waals surface area (Å²) in [5.41, 5.74) is 1.73. The Bertz CT molecular complexity index is 340. The van der Waals surface area contributed by atoms with Crippen molar-refractivity contribution in [2.45, 2.75) is 50.9 Å². The molecule has 1 aromatic heterocycles. The molecule has 0 amide bonds. The maximum atomic E-state index is 4.72. The van der Waals surface area contributed by atoms with Crippen LogP contribution in [0, 0.1) is 12.8 Å². The average molecular weight is 207 g/mol. The van der Waals surface area contributed by atoms with Crippen LogP contribution in [0.4, 0.5) is 0 Å². The summed E-state index contributed by atoms with van der Waals surface area (Å²) in [6, 6.07) is 0. The molecule has 3 rings (SSSR count). The monoisotopic (exact) mass is 207 g/mol. The van der Waals surface area contributed by atoms with E-state index in [1.807, 2.05) is 11.3 Å². The van der Waals surface area contributed by atoms with E-state index in [2.05, 4.69) is 12.3 Å². The zero-order valence-electron chi connectivity index (χ0n) is 8.75. The third-order valence-electron chi connectivity index (χ3n) is 4.05. The van der Waals surface area contributed by atoms with Gasteiger partial charge in [0.2, 0.25) is 0 Å². The Labute approximate surface area is 89.6 Å². The first-order valence-corrected chi connectivity index (χ1v) is 6.59. The molecule has 2 aliphatic carbocycles. The highest BCUT2D eigenvalue weighted by atomic mass is 32.1.